The van der Waals surface area contributed by atoms with Gasteiger partial charge in [0.2, 0.25) is 5.91 Å². The molecule has 1 aliphatic rings. The van der Waals surface area contributed by atoms with Crippen molar-refractivity contribution in [2.24, 2.45) is 11.1 Å². The zero-order valence-electron chi connectivity index (χ0n) is 11.7. The molecule has 0 unspecified atom stereocenters. The molecule has 1 heterocycles. The molecule has 2 rings (SSSR count). The van der Waals surface area contributed by atoms with E-state index in [-0.39, 0.29) is 16.9 Å². The van der Waals surface area contributed by atoms with Gasteiger partial charge in [-0.25, -0.2) is 4.79 Å². The minimum atomic E-state index is -1.05. The Morgan fingerprint density at radius 2 is 2.15 bits per heavy atom. The summed E-state index contributed by atoms with van der Waals surface area (Å²) in [5.41, 5.74) is 6.23. The number of anilines is 1. The number of amides is 1. The van der Waals surface area contributed by atoms with Crippen LogP contribution in [0.3, 0.4) is 0 Å². The first kappa shape index (κ1) is 14.9. The number of carbonyl (C=O) groups is 2. The second-order valence-corrected chi connectivity index (χ2v) is 6.19. The monoisotopic (exact) mass is 297 g/mol. The van der Waals surface area contributed by atoms with Crippen molar-refractivity contribution in [1.82, 2.24) is 4.37 Å². The second-order valence-electron chi connectivity index (χ2n) is 5.44. The van der Waals surface area contributed by atoms with Crippen LogP contribution in [0.15, 0.2) is 0 Å². The molecule has 6 nitrogen and oxygen atoms in total. The third-order valence-corrected chi connectivity index (χ3v) is 5.13. The summed E-state index contributed by atoms with van der Waals surface area (Å²) in [5, 5.41) is 9.61. The first-order valence-corrected chi connectivity index (χ1v) is 7.34. The van der Waals surface area contributed by atoms with Crippen molar-refractivity contribution in [1.29, 1.82) is 0 Å². The van der Waals surface area contributed by atoms with Gasteiger partial charge < -0.3 is 15.7 Å². The zero-order chi connectivity index (χ0) is 14.9. The molecule has 1 fully saturated rings. The number of hydrogen-bond donors (Lipinski definition) is 2. The van der Waals surface area contributed by atoms with E-state index in [2.05, 4.69) is 4.37 Å². The van der Waals surface area contributed by atoms with E-state index in [1.807, 2.05) is 0 Å². The van der Waals surface area contributed by atoms with Gasteiger partial charge in [-0.1, -0.05) is 6.42 Å². The summed E-state index contributed by atoms with van der Waals surface area (Å²) < 4.78 is 4.03. The maximum absolute atomic E-state index is 12.4. The molecule has 1 aromatic rings. The molecule has 0 aliphatic heterocycles. The zero-order valence-corrected chi connectivity index (χ0v) is 12.5. The molecule has 1 aliphatic carbocycles. The Morgan fingerprint density at radius 3 is 2.60 bits per heavy atom. The molecule has 110 valence electrons. The molecule has 0 saturated heterocycles. The molecular weight excluding hydrogens is 278 g/mol. The van der Waals surface area contributed by atoms with Crippen molar-refractivity contribution in [2.45, 2.75) is 32.6 Å². The Balaban J connectivity index is 2.17. The number of aryl methyl sites for hydroxylation is 1. The molecule has 7 heteroatoms. The summed E-state index contributed by atoms with van der Waals surface area (Å²) in [5.74, 6) is -1.15. The number of aromatic nitrogens is 1. The highest BCUT2D eigenvalue weighted by molar-refractivity contribution is 7.11. The Morgan fingerprint density at radius 1 is 1.50 bits per heavy atom. The molecule has 1 saturated carbocycles. The van der Waals surface area contributed by atoms with Crippen molar-refractivity contribution in [3.05, 3.63) is 11.3 Å². The Kier molecular flexibility index (Phi) is 4.10. The van der Waals surface area contributed by atoms with E-state index in [1.165, 1.54) is 4.90 Å². The van der Waals surface area contributed by atoms with Crippen molar-refractivity contribution >= 4 is 28.4 Å². The smallest absolute Gasteiger partial charge is 0.340 e. The Bertz CT molecular complexity index is 531. The van der Waals surface area contributed by atoms with Crippen LogP contribution in [0.2, 0.25) is 0 Å². The second kappa shape index (κ2) is 5.49. The first-order valence-electron chi connectivity index (χ1n) is 6.56. The maximum Gasteiger partial charge on any atom is 0.340 e. The van der Waals surface area contributed by atoms with Crippen LogP contribution in [0, 0.1) is 12.3 Å². The van der Waals surface area contributed by atoms with E-state index in [9.17, 15) is 14.7 Å². The molecular formula is C13H19N3O3S. The van der Waals surface area contributed by atoms with Gasteiger partial charge in [-0.15, -0.1) is 0 Å². The van der Waals surface area contributed by atoms with Gasteiger partial charge in [0, 0.05) is 13.5 Å². The van der Waals surface area contributed by atoms with Crippen LogP contribution in [0.1, 0.15) is 41.7 Å². The minimum Gasteiger partial charge on any atom is -0.478 e. The normalized spacial score (nSPS) is 16.6. The van der Waals surface area contributed by atoms with Gasteiger partial charge >= 0.3 is 5.97 Å². The van der Waals surface area contributed by atoms with Gasteiger partial charge in [-0.3, -0.25) is 4.79 Å². The highest BCUT2D eigenvalue weighted by Gasteiger charge is 2.39. The topological polar surface area (TPSA) is 96.5 Å². The minimum absolute atomic E-state index is 0.0888. The molecule has 0 spiro atoms. The van der Waals surface area contributed by atoms with E-state index in [1.54, 1.807) is 14.0 Å². The van der Waals surface area contributed by atoms with Gasteiger partial charge in [0.1, 0.15) is 10.6 Å². The number of hydrogen-bond acceptors (Lipinski definition) is 5. The Labute approximate surface area is 121 Å². The lowest BCUT2D eigenvalue weighted by molar-refractivity contribution is -0.121. The van der Waals surface area contributed by atoms with Crippen molar-refractivity contribution in [2.75, 3.05) is 18.5 Å². The van der Waals surface area contributed by atoms with Gasteiger partial charge in [0.05, 0.1) is 5.69 Å². The summed E-state index contributed by atoms with van der Waals surface area (Å²) >= 11 is 1.04. The van der Waals surface area contributed by atoms with Crippen LogP contribution in [0.4, 0.5) is 5.00 Å². The van der Waals surface area contributed by atoms with Gasteiger partial charge in [0.25, 0.3) is 0 Å². The number of nitrogens with zero attached hydrogens (tertiary/aromatic N) is 2. The summed E-state index contributed by atoms with van der Waals surface area (Å²) in [6.07, 6.45) is 3.41. The fraction of sp³-hybridized carbons (Fsp3) is 0.615. The van der Waals surface area contributed by atoms with E-state index in [4.69, 9.17) is 5.73 Å². The van der Waals surface area contributed by atoms with Crippen molar-refractivity contribution in [3.8, 4) is 0 Å². The molecule has 0 aromatic carbocycles. The largest absolute Gasteiger partial charge is 0.478 e. The van der Waals surface area contributed by atoms with E-state index < -0.39 is 5.97 Å². The Hall–Kier alpha value is -1.47. The van der Waals surface area contributed by atoms with Crippen molar-refractivity contribution < 1.29 is 14.7 Å². The summed E-state index contributed by atoms with van der Waals surface area (Å²) in [6, 6.07) is 0. The molecule has 1 aromatic heterocycles. The van der Waals surface area contributed by atoms with Crippen LogP contribution in [0.5, 0.6) is 0 Å². The molecule has 20 heavy (non-hydrogen) atoms. The average molecular weight is 297 g/mol. The third kappa shape index (κ3) is 2.55. The fourth-order valence-electron chi connectivity index (χ4n) is 2.52. The van der Waals surface area contributed by atoms with E-state index in [0.29, 0.717) is 23.7 Å². The van der Waals surface area contributed by atoms with Crippen LogP contribution >= 0.6 is 11.5 Å². The highest BCUT2D eigenvalue weighted by Crippen LogP contribution is 2.43. The maximum atomic E-state index is 12.4. The predicted octanol–water partition coefficient (Wildman–Crippen LogP) is 1.63. The third-order valence-electron chi connectivity index (χ3n) is 4.11. The fourth-order valence-corrected chi connectivity index (χ4v) is 3.38. The average Bonchev–Trinajstić information content (AvgIpc) is 2.74. The lowest BCUT2D eigenvalue weighted by Gasteiger charge is -2.41. The number of aromatic carboxylic acids is 1. The van der Waals surface area contributed by atoms with Crippen LogP contribution in [-0.2, 0) is 4.79 Å². The van der Waals surface area contributed by atoms with Crippen molar-refractivity contribution in [3.63, 3.8) is 0 Å². The number of carbonyl (C=O) groups excluding carboxylic acids is 1. The van der Waals surface area contributed by atoms with Gasteiger partial charge in [-0.2, -0.15) is 4.37 Å². The van der Waals surface area contributed by atoms with E-state index in [0.717, 1.165) is 30.8 Å². The first-order chi connectivity index (χ1) is 9.40. The quantitative estimate of drug-likeness (QED) is 0.861. The molecule has 0 radical (unpaired) electrons. The highest BCUT2D eigenvalue weighted by atomic mass is 32.1. The lowest BCUT2D eigenvalue weighted by Crippen LogP contribution is -2.42. The molecule has 0 atom stereocenters. The summed E-state index contributed by atoms with van der Waals surface area (Å²) in [4.78, 5) is 25.0. The van der Waals surface area contributed by atoms with Gasteiger partial charge in [-0.05, 0) is 43.3 Å². The summed E-state index contributed by atoms with van der Waals surface area (Å²) in [6.45, 7) is 2.13. The van der Waals surface area contributed by atoms with Gasteiger partial charge in [0.15, 0.2) is 0 Å². The number of carboxylic acid groups (broad SMARTS) is 1. The molecule has 1 amide bonds. The van der Waals surface area contributed by atoms with Crippen LogP contribution in [-0.4, -0.2) is 34.9 Å². The standard InChI is InChI=1S/C13H19N3O3S/c1-8-10(12(18)19)11(20-15-8)16(2)9(17)6-13(7-14)4-3-5-13/h3-7,14H2,1-2H3,(H,18,19). The van der Waals surface area contributed by atoms with Crippen LogP contribution < -0.4 is 10.6 Å². The van der Waals surface area contributed by atoms with Crippen LogP contribution in [0.25, 0.3) is 0 Å². The number of nitrogens with two attached hydrogens (primary N) is 1. The number of rotatable bonds is 5. The molecule has 3 N–H and O–H groups in total. The van der Waals surface area contributed by atoms with E-state index >= 15 is 0 Å². The predicted molar refractivity (Wildman–Crippen MR) is 77.2 cm³/mol. The molecule has 0 bridgehead atoms. The number of carboxylic acids is 1. The lowest BCUT2D eigenvalue weighted by atomic mass is 9.66. The summed E-state index contributed by atoms with van der Waals surface area (Å²) in [7, 11) is 1.60. The SMILES string of the molecule is Cc1nsc(N(C)C(=O)CC2(CN)CCC2)c1C(=O)O.